The number of esters is 1. The van der Waals surface area contributed by atoms with Crippen LogP contribution in [0.25, 0.3) is 10.9 Å². The van der Waals surface area contributed by atoms with Crippen LogP contribution in [0.5, 0.6) is 0 Å². The molecule has 0 radical (unpaired) electrons. The van der Waals surface area contributed by atoms with E-state index in [-0.39, 0.29) is 11.3 Å². The molecular formula is C25H28N4O5S. The highest BCUT2D eigenvalue weighted by Crippen LogP contribution is 2.29. The standard InChI is InChI=1S/C25H28N4O5S/c1-3-22(24(30)27-16-9-11-17(12-10-16)35(26,32)33)34-25(31)23-18-7-5-6-8-20(18)28-21-13-14-29(4-2)15-19(21)23/h5-12,22H,3-4,13-15H2,1-2H3,(H,27,30)(H2,26,32,33). The van der Waals surface area contributed by atoms with Gasteiger partial charge < -0.3 is 10.1 Å². The van der Waals surface area contributed by atoms with Crippen molar-refractivity contribution in [3.05, 3.63) is 65.4 Å². The maximum absolute atomic E-state index is 13.5. The SMILES string of the molecule is CCC(OC(=O)c1c2c(nc3ccccc13)CCN(CC)C2)C(=O)Nc1ccc(S(N)(=O)=O)cc1. The van der Waals surface area contributed by atoms with Crippen molar-refractivity contribution in [2.24, 2.45) is 5.14 Å². The number of anilines is 1. The molecule has 3 aromatic rings. The largest absolute Gasteiger partial charge is 0.449 e. The Morgan fingerprint density at radius 1 is 1.14 bits per heavy atom. The zero-order valence-electron chi connectivity index (χ0n) is 19.7. The normalized spacial score (nSPS) is 14.8. The number of likely N-dealkylation sites (N-methyl/N-ethyl adjacent to an activating group) is 1. The van der Waals surface area contributed by atoms with Crippen molar-refractivity contribution in [2.75, 3.05) is 18.4 Å². The van der Waals surface area contributed by atoms with Gasteiger partial charge in [0.05, 0.1) is 16.0 Å². The number of nitrogens with zero attached hydrogens (tertiary/aromatic N) is 2. The lowest BCUT2D eigenvalue weighted by Crippen LogP contribution is -2.35. The van der Waals surface area contributed by atoms with Crippen LogP contribution in [0.2, 0.25) is 0 Å². The number of fused-ring (bicyclic) bond motifs is 2. The molecule has 0 saturated carbocycles. The van der Waals surface area contributed by atoms with Gasteiger partial charge in [0, 0.05) is 41.8 Å². The molecule has 10 heteroatoms. The summed E-state index contributed by atoms with van der Waals surface area (Å²) in [6.45, 7) is 6.14. The summed E-state index contributed by atoms with van der Waals surface area (Å²) in [6.07, 6.45) is -0.0338. The van der Waals surface area contributed by atoms with E-state index in [2.05, 4.69) is 17.1 Å². The molecule has 1 aliphatic heterocycles. The number of primary sulfonamides is 1. The zero-order chi connectivity index (χ0) is 25.2. The average molecular weight is 497 g/mol. The monoisotopic (exact) mass is 496 g/mol. The van der Waals surface area contributed by atoms with Crippen LogP contribution in [0.15, 0.2) is 53.4 Å². The predicted octanol–water partition coefficient (Wildman–Crippen LogP) is 2.83. The third-order valence-electron chi connectivity index (χ3n) is 6.14. The number of rotatable bonds is 7. The van der Waals surface area contributed by atoms with Crippen LogP contribution in [-0.2, 0) is 32.5 Å². The molecule has 1 amide bonds. The number of pyridine rings is 1. The van der Waals surface area contributed by atoms with Crippen molar-refractivity contribution in [3.63, 3.8) is 0 Å². The Morgan fingerprint density at radius 3 is 2.51 bits per heavy atom. The minimum atomic E-state index is -3.84. The Kier molecular flexibility index (Phi) is 7.15. The molecule has 1 aromatic heterocycles. The maximum atomic E-state index is 13.5. The number of carbonyl (C=O) groups is 2. The third kappa shape index (κ3) is 5.34. The molecular weight excluding hydrogens is 468 g/mol. The van der Waals surface area contributed by atoms with Crippen molar-refractivity contribution >= 4 is 38.5 Å². The third-order valence-corrected chi connectivity index (χ3v) is 7.07. The maximum Gasteiger partial charge on any atom is 0.340 e. The Labute approximate surface area is 204 Å². The topological polar surface area (TPSA) is 132 Å². The number of nitrogens with one attached hydrogen (secondary N) is 1. The van der Waals surface area contributed by atoms with Gasteiger partial charge in [0.1, 0.15) is 0 Å². The number of para-hydroxylation sites is 1. The number of sulfonamides is 1. The van der Waals surface area contributed by atoms with E-state index in [1.54, 1.807) is 6.92 Å². The van der Waals surface area contributed by atoms with E-state index in [9.17, 15) is 18.0 Å². The lowest BCUT2D eigenvalue weighted by molar-refractivity contribution is -0.124. The van der Waals surface area contributed by atoms with E-state index < -0.39 is 28.0 Å². The highest BCUT2D eigenvalue weighted by Gasteiger charge is 2.29. The molecule has 1 atom stereocenters. The number of carbonyl (C=O) groups excluding carboxylic acids is 2. The predicted molar refractivity (Wildman–Crippen MR) is 132 cm³/mol. The van der Waals surface area contributed by atoms with Crippen LogP contribution in [0.4, 0.5) is 5.69 Å². The van der Waals surface area contributed by atoms with Gasteiger partial charge in [-0.25, -0.2) is 18.4 Å². The summed E-state index contributed by atoms with van der Waals surface area (Å²) >= 11 is 0. The lowest BCUT2D eigenvalue weighted by atomic mass is 9.95. The second-order valence-electron chi connectivity index (χ2n) is 8.41. The van der Waals surface area contributed by atoms with Gasteiger partial charge in [0.2, 0.25) is 10.0 Å². The molecule has 2 heterocycles. The van der Waals surface area contributed by atoms with Crippen LogP contribution in [0.3, 0.4) is 0 Å². The first kappa shape index (κ1) is 24.8. The first-order valence-electron chi connectivity index (χ1n) is 11.5. The van der Waals surface area contributed by atoms with Crippen LogP contribution >= 0.6 is 0 Å². The number of aromatic nitrogens is 1. The van der Waals surface area contributed by atoms with Gasteiger partial charge >= 0.3 is 5.97 Å². The van der Waals surface area contributed by atoms with Gasteiger partial charge in [-0.05, 0) is 43.3 Å². The van der Waals surface area contributed by atoms with Gasteiger partial charge in [-0.3, -0.25) is 14.7 Å². The van der Waals surface area contributed by atoms with Crippen molar-refractivity contribution in [1.82, 2.24) is 9.88 Å². The fraction of sp³-hybridized carbons (Fsp3) is 0.320. The molecule has 0 spiro atoms. The quantitative estimate of drug-likeness (QED) is 0.481. The molecule has 0 saturated heterocycles. The van der Waals surface area contributed by atoms with Gasteiger partial charge in [-0.1, -0.05) is 32.0 Å². The second-order valence-corrected chi connectivity index (χ2v) is 9.97. The molecule has 35 heavy (non-hydrogen) atoms. The molecule has 9 nitrogen and oxygen atoms in total. The van der Waals surface area contributed by atoms with Crippen LogP contribution in [0, 0.1) is 0 Å². The molecule has 1 aliphatic rings. The number of ether oxygens (including phenoxy) is 1. The lowest BCUT2D eigenvalue weighted by Gasteiger charge is -2.29. The minimum absolute atomic E-state index is 0.0653. The van der Waals surface area contributed by atoms with E-state index in [4.69, 9.17) is 14.9 Å². The smallest absolute Gasteiger partial charge is 0.340 e. The molecule has 1 unspecified atom stereocenters. The highest BCUT2D eigenvalue weighted by molar-refractivity contribution is 7.89. The Balaban J connectivity index is 1.59. The van der Waals surface area contributed by atoms with Crippen LogP contribution in [0.1, 0.15) is 41.9 Å². The number of benzene rings is 2. The summed E-state index contributed by atoms with van der Waals surface area (Å²) < 4.78 is 28.6. The average Bonchev–Trinajstić information content (AvgIpc) is 2.85. The first-order valence-corrected chi connectivity index (χ1v) is 13.0. The highest BCUT2D eigenvalue weighted by atomic mass is 32.2. The second kappa shape index (κ2) is 10.1. The minimum Gasteiger partial charge on any atom is -0.449 e. The molecule has 0 fully saturated rings. The Hall–Kier alpha value is -3.34. The molecule has 0 bridgehead atoms. The van der Waals surface area contributed by atoms with Crippen LogP contribution in [-0.4, -0.2) is 49.4 Å². The molecule has 3 N–H and O–H groups in total. The fourth-order valence-corrected chi connectivity index (χ4v) is 4.73. The molecule has 0 aliphatic carbocycles. The number of hydrogen-bond acceptors (Lipinski definition) is 7. The molecule has 184 valence electrons. The van der Waals surface area contributed by atoms with Crippen molar-refractivity contribution in [1.29, 1.82) is 0 Å². The van der Waals surface area contributed by atoms with E-state index >= 15 is 0 Å². The number of nitrogens with two attached hydrogens (primary N) is 1. The van der Waals surface area contributed by atoms with E-state index in [0.717, 1.165) is 36.3 Å². The van der Waals surface area contributed by atoms with Gasteiger partial charge in [0.25, 0.3) is 5.91 Å². The van der Waals surface area contributed by atoms with E-state index in [0.29, 0.717) is 23.2 Å². The molecule has 4 rings (SSSR count). The Bertz CT molecular complexity index is 1370. The van der Waals surface area contributed by atoms with Crippen molar-refractivity contribution in [2.45, 2.75) is 44.2 Å². The summed E-state index contributed by atoms with van der Waals surface area (Å²) in [5.41, 5.74) is 3.26. The number of hydrogen-bond donors (Lipinski definition) is 2. The fourth-order valence-electron chi connectivity index (χ4n) is 4.21. The van der Waals surface area contributed by atoms with Gasteiger partial charge in [-0.15, -0.1) is 0 Å². The van der Waals surface area contributed by atoms with Crippen LogP contribution < -0.4 is 10.5 Å². The first-order chi connectivity index (χ1) is 16.7. The summed E-state index contributed by atoms with van der Waals surface area (Å²) in [4.78, 5) is 33.3. The molecule has 2 aromatic carbocycles. The number of amides is 1. The van der Waals surface area contributed by atoms with E-state index in [1.807, 2.05) is 24.3 Å². The van der Waals surface area contributed by atoms with Gasteiger partial charge in [0.15, 0.2) is 6.10 Å². The summed E-state index contributed by atoms with van der Waals surface area (Å²) in [6, 6.07) is 12.9. The zero-order valence-corrected chi connectivity index (χ0v) is 20.5. The van der Waals surface area contributed by atoms with E-state index in [1.165, 1.54) is 24.3 Å². The Morgan fingerprint density at radius 2 is 1.86 bits per heavy atom. The van der Waals surface area contributed by atoms with Crippen molar-refractivity contribution < 1.29 is 22.7 Å². The summed E-state index contributed by atoms with van der Waals surface area (Å²) in [5, 5.41) is 8.48. The van der Waals surface area contributed by atoms with Crippen molar-refractivity contribution in [3.8, 4) is 0 Å². The summed E-state index contributed by atoms with van der Waals surface area (Å²) in [5.74, 6) is -1.07. The summed E-state index contributed by atoms with van der Waals surface area (Å²) in [7, 11) is -3.84. The van der Waals surface area contributed by atoms with Gasteiger partial charge in [-0.2, -0.15) is 0 Å².